The summed E-state index contributed by atoms with van der Waals surface area (Å²) in [4.78, 5) is 17.4. The third-order valence-electron chi connectivity index (χ3n) is 2.13. The topological polar surface area (TPSA) is 68.5 Å². The van der Waals surface area contributed by atoms with Crippen LogP contribution < -0.4 is 5.73 Å². The summed E-state index contributed by atoms with van der Waals surface area (Å²) in [6.45, 7) is 3.66. The zero-order valence-electron chi connectivity index (χ0n) is 9.64. The van der Waals surface area contributed by atoms with E-state index in [4.69, 9.17) is 10.5 Å². The first-order valence-electron chi connectivity index (χ1n) is 5.20. The number of rotatable bonds is 5. The van der Waals surface area contributed by atoms with Gasteiger partial charge in [0.15, 0.2) is 0 Å². The van der Waals surface area contributed by atoms with Gasteiger partial charge in [-0.2, -0.15) is 0 Å². The van der Waals surface area contributed by atoms with Crippen molar-refractivity contribution in [3.63, 3.8) is 0 Å². The summed E-state index contributed by atoms with van der Waals surface area (Å²) >= 11 is 0. The highest BCUT2D eigenvalue weighted by atomic mass is 16.5. The fourth-order valence-corrected chi connectivity index (χ4v) is 1.17. The number of carbonyl (C=O) groups excluding carboxylic acids is 1. The Bertz CT molecular complexity index is 338. The first-order chi connectivity index (χ1) is 7.65. The summed E-state index contributed by atoms with van der Waals surface area (Å²) in [5.74, 6) is -0.125. The van der Waals surface area contributed by atoms with E-state index in [0.717, 1.165) is 0 Å². The summed E-state index contributed by atoms with van der Waals surface area (Å²) in [5, 5.41) is 0. The number of ether oxygens (including phenoxy) is 1. The number of nitrogens with two attached hydrogens (primary N) is 1. The monoisotopic (exact) mass is 223 g/mol. The van der Waals surface area contributed by atoms with E-state index in [1.165, 1.54) is 6.20 Å². The van der Waals surface area contributed by atoms with Crippen LogP contribution in [0.1, 0.15) is 17.4 Å². The molecule has 1 heterocycles. The molecule has 0 aliphatic heterocycles. The molecule has 0 fully saturated rings. The molecule has 0 saturated carbocycles. The summed E-state index contributed by atoms with van der Waals surface area (Å²) in [5.41, 5.74) is 6.44. The van der Waals surface area contributed by atoms with Crippen molar-refractivity contribution in [2.75, 3.05) is 32.5 Å². The van der Waals surface area contributed by atoms with Crippen molar-refractivity contribution in [2.24, 2.45) is 0 Å². The second-order valence-electron chi connectivity index (χ2n) is 3.40. The molecule has 2 N–H and O–H groups in total. The minimum atomic E-state index is -0.125. The number of nitrogen functional groups attached to an aromatic ring is 1. The number of nitrogens with zero attached hydrogens (tertiary/aromatic N) is 2. The highest BCUT2D eigenvalue weighted by Crippen LogP contribution is 2.03. The SMILES string of the molecule is CCOCCN(C)C(=O)c1ccc(N)cn1. The first-order valence-corrected chi connectivity index (χ1v) is 5.20. The Morgan fingerprint density at radius 1 is 1.56 bits per heavy atom. The maximum atomic E-state index is 11.8. The van der Waals surface area contributed by atoms with Crippen LogP contribution >= 0.6 is 0 Å². The molecule has 0 aliphatic carbocycles. The van der Waals surface area contributed by atoms with Gasteiger partial charge in [-0.1, -0.05) is 0 Å². The van der Waals surface area contributed by atoms with Crippen molar-refractivity contribution in [1.82, 2.24) is 9.88 Å². The van der Waals surface area contributed by atoms with Gasteiger partial charge >= 0.3 is 0 Å². The minimum absolute atomic E-state index is 0.125. The summed E-state index contributed by atoms with van der Waals surface area (Å²) in [6.07, 6.45) is 1.48. The van der Waals surface area contributed by atoms with Gasteiger partial charge < -0.3 is 15.4 Å². The van der Waals surface area contributed by atoms with Crippen LogP contribution in [0.25, 0.3) is 0 Å². The maximum Gasteiger partial charge on any atom is 0.272 e. The fraction of sp³-hybridized carbons (Fsp3) is 0.455. The second kappa shape index (κ2) is 6.07. The molecule has 5 heteroatoms. The zero-order chi connectivity index (χ0) is 12.0. The molecule has 88 valence electrons. The van der Waals surface area contributed by atoms with Gasteiger partial charge in [0, 0.05) is 20.2 Å². The number of hydrogen-bond acceptors (Lipinski definition) is 4. The van der Waals surface area contributed by atoms with Crippen LogP contribution in [0.2, 0.25) is 0 Å². The Morgan fingerprint density at radius 3 is 2.88 bits per heavy atom. The Kier molecular flexibility index (Phi) is 4.72. The number of pyridine rings is 1. The molecule has 0 aliphatic rings. The van der Waals surface area contributed by atoms with Gasteiger partial charge in [0.1, 0.15) is 5.69 Å². The summed E-state index contributed by atoms with van der Waals surface area (Å²) in [7, 11) is 1.72. The molecule has 0 atom stereocenters. The first kappa shape index (κ1) is 12.4. The quantitative estimate of drug-likeness (QED) is 0.749. The van der Waals surface area contributed by atoms with Crippen LogP contribution in [0.4, 0.5) is 5.69 Å². The lowest BCUT2D eigenvalue weighted by atomic mass is 10.3. The average molecular weight is 223 g/mol. The van der Waals surface area contributed by atoms with Crippen LogP contribution in [0, 0.1) is 0 Å². The molecule has 16 heavy (non-hydrogen) atoms. The third-order valence-corrected chi connectivity index (χ3v) is 2.13. The van der Waals surface area contributed by atoms with Gasteiger partial charge in [0.25, 0.3) is 5.91 Å². The van der Waals surface area contributed by atoms with Crippen molar-refractivity contribution < 1.29 is 9.53 Å². The molecular weight excluding hydrogens is 206 g/mol. The molecule has 5 nitrogen and oxygen atoms in total. The number of hydrogen-bond donors (Lipinski definition) is 1. The maximum absolute atomic E-state index is 11.8. The molecule has 0 bridgehead atoms. The van der Waals surface area contributed by atoms with Crippen molar-refractivity contribution in [1.29, 1.82) is 0 Å². The largest absolute Gasteiger partial charge is 0.397 e. The van der Waals surface area contributed by atoms with E-state index in [1.807, 2.05) is 6.92 Å². The Morgan fingerprint density at radius 2 is 2.31 bits per heavy atom. The normalized spacial score (nSPS) is 10.1. The van der Waals surface area contributed by atoms with Crippen LogP contribution in [0.5, 0.6) is 0 Å². The lowest BCUT2D eigenvalue weighted by molar-refractivity contribution is 0.0704. The van der Waals surface area contributed by atoms with Crippen LogP contribution in [0.15, 0.2) is 18.3 Å². The smallest absolute Gasteiger partial charge is 0.272 e. The van der Waals surface area contributed by atoms with E-state index in [9.17, 15) is 4.79 Å². The van der Waals surface area contributed by atoms with Crippen LogP contribution in [-0.2, 0) is 4.74 Å². The fourth-order valence-electron chi connectivity index (χ4n) is 1.17. The Hall–Kier alpha value is -1.62. The molecule has 0 unspecified atom stereocenters. The number of likely N-dealkylation sites (N-methyl/N-ethyl adjacent to an activating group) is 1. The van der Waals surface area contributed by atoms with Crippen molar-refractivity contribution in [3.05, 3.63) is 24.0 Å². The van der Waals surface area contributed by atoms with E-state index < -0.39 is 0 Å². The van der Waals surface area contributed by atoms with Gasteiger partial charge in [-0.15, -0.1) is 0 Å². The van der Waals surface area contributed by atoms with E-state index in [1.54, 1.807) is 24.1 Å². The van der Waals surface area contributed by atoms with Gasteiger partial charge in [0.05, 0.1) is 18.5 Å². The number of aromatic nitrogens is 1. The number of anilines is 1. The highest BCUT2D eigenvalue weighted by molar-refractivity contribution is 5.92. The molecule has 0 saturated heterocycles. The Balaban J connectivity index is 2.53. The molecule has 1 aromatic rings. The van der Waals surface area contributed by atoms with Gasteiger partial charge in [-0.3, -0.25) is 4.79 Å². The van der Waals surface area contributed by atoms with Crippen molar-refractivity contribution in [2.45, 2.75) is 6.92 Å². The molecular formula is C11H17N3O2. The lowest BCUT2D eigenvalue weighted by Gasteiger charge is -2.16. The number of amides is 1. The second-order valence-corrected chi connectivity index (χ2v) is 3.40. The van der Waals surface area contributed by atoms with Crippen LogP contribution in [0.3, 0.4) is 0 Å². The predicted octanol–water partition coefficient (Wildman–Crippen LogP) is 0.772. The third kappa shape index (κ3) is 3.51. The molecule has 1 rings (SSSR count). The van der Waals surface area contributed by atoms with E-state index in [-0.39, 0.29) is 5.91 Å². The van der Waals surface area contributed by atoms with E-state index >= 15 is 0 Å². The highest BCUT2D eigenvalue weighted by Gasteiger charge is 2.12. The average Bonchev–Trinajstić information content (AvgIpc) is 2.29. The standard InChI is InChI=1S/C11H17N3O2/c1-3-16-7-6-14(2)11(15)10-5-4-9(12)8-13-10/h4-5,8H,3,6-7,12H2,1-2H3. The van der Waals surface area contributed by atoms with Gasteiger partial charge in [-0.05, 0) is 19.1 Å². The summed E-state index contributed by atoms with van der Waals surface area (Å²) in [6, 6.07) is 3.28. The van der Waals surface area contributed by atoms with E-state index in [0.29, 0.717) is 31.1 Å². The molecule has 0 aromatic carbocycles. The molecule has 0 radical (unpaired) electrons. The molecule has 0 spiro atoms. The van der Waals surface area contributed by atoms with Gasteiger partial charge in [0.2, 0.25) is 0 Å². The molecule has 1 amide bonds. The van der Waals surface area contributed by atoms with Crippen LogP contribution in [-0.4, -0.2) is 42.6 Å². The Labute approximate surface area is 95.2 Å². The number of carbonyl (C=O) groups is 1. The van der Waals surface area contributed by atoms with Crippen molar-refractivity contribution in [3.8, 4) is 0 Å². The lowest BCUT2D eigenvalue weighted by Crippen LogP contribution is -2.30. The van der Waals surface area contributed by atoms with E-state index in [2.05, 4.69) is 4.98 Å². The zero-order valence-corrected chi connectivity index (χ0v) is 9.64. The summed E-state index contributed by atoms with van der Waals surface area (Å²) < 4.78 is 5.18. The molecule has 1 aromatic heterocycles. The van der Waals surface area contributed by atoms with Gasteiger partial charge in [-0.25, -0.2) is 4.98 Å². The minimum Gasteiger partial charge on any atom is -0.397 e. The predicted molar refractivity (Wildman–Crippen MR) is 62.1 cm³/mol. The van der Waals surface area contributed by atoms with Crippen molar-refractivity contribution >= 4 is 11.6 Å².